The van der Waals surface area contributed by atoms with E-state index in [9.17, 15) is 0 Å². The number of benzene rings is 1. The molecule has 0 unspecified atom stereocenters. The Morgan fingerprint density at radius 2 is 1.21 bits per heavy atom. The summed E-state index contributed by atoms with van der Waals surface area (Å²) in [5, 5.41) is 0. The van der Waals surface area contributed by atoms with Crippen LogP contribution in [0.4, 0.5) is 0 Å². The van der Waals surface area contributed by atoms with Crippen molar-refractivity contribution in [1.82, 2.24) is 9.97 Å². The lowest BCUT2D eigenvalue weighted by atomic mass is 10.1. The van der Waals surface area contributed by atoms with E-state index in [2.05, 4.69) is 16.9 Å². The predicted octanol–water partition coefficient (Wildman–Crippen LogP) is 8.40. The van der Waals surface area contributed by atoms with E-state index in [0.717, 1.165) is 54.9 Å². The largest absolute Gasteiger partial charge is 0.494 e. The first-order valence-corrected chi connectivity index (χ1v) is 13.5. The van der Waals surface area contributed by atoms with Crippen LogP contribution in [-0.2, 0) is 0 Å². The highest BCUT2D eigenvalue weighted by Gasteiger charge is 2.19. The molecule has 1 aliphatic carbocycles. The summed E-state index contributed by atoms with van der Waals surface area (Å²) >= 11 is 0. The van der Waals surface area contributed by atoms with Crippen molar-refractivity contribution < 1.29 is 9.47 Å². The van der Waals surface area contributed by atoms with Gasteiger partial charge in [0.2, 0.25) is 0 Å². The molecule has 2 aromatic rings. The quantitative estimate of drug-likeness (QED) is 0.201. The van der Waals surface area contributed by atoms with Crippen molar-refractivity contribution in [2.45, 2.75) is 103 Å². The van der Waals surface area contributed by atoms with Crippen molar-refractivity contribution in [2.75, 3.05) is 13.2 Å². The minimum absolute atomic E-state index is 0.718. The van der Waals surface area contributed by atoms with Gasteiger partial charge in [0.1, 0.15) is 5.75 Å². The van der Waals surface area contributed by atoms with E-state index in [0.29, 0.717) is 0 Å². The molecule has 4 nitrogen and oxygen atoms in total. The van der Waals surface area contributed by atoms with E-state index in [1.165, 1.54) is 83.5 Å². The molecule has 1 aliphatic rings. The SMILES string of the molecule is CCCCCCCOc1ccc(-c2ncc(OCCCCCCCCCC3CC3)cn2)cc1. The molecule has 1 aromatic carbocycles. The molecule has 0 atom stereocenters. The Labute approximate surface area is 201 Å². The second-order valence-corrected chi connectivity index (χ2v) is 9.58. The maximum atomic E-state index is 5.84. The zero-order chi connectivity index (χ0) is 23.0. The fraction of sp³-hybridized carbons (Fsp3) is 0.655. The number of hydrogen-bond acceptors (Lipinski definition) is 4. The minimum Gasteiger partial charge on any atom is -0.494 e. The Morgan fingerprint density at radius 1 is 0.667 bits per heavy atom. The van der Waals surface area contributed by atoms with E-state index < -0.39 is 0 Å². The first-order valence-electron chi connectivity index (χ1n) is 13.5. The molecule has 1 fully saturated rings. The van der Waals surface area contributed by atoms with Gasteiger partial charge in [-0.05, 0) is 43.0 Å². The standard InChI is InChI=1S/C29H44N2O2/c1-2-3-4-9-12-21-32-27-19-17-26(18-20-27)29-30-23-28(24-31-29)33-22-13-10-7-5-6-8-11-14-25-15-16-25/h17-20,23-25H,2-16,21-22H2,1H3. The lowest BCUT2D eigenvalue weighted by Gasteiger charge is -2.08. The highest BCUT2D eigenvalue weighted by molar-refractivity contribution is 5.56. The zero-order valence-corrected chi connectivity index (χ0v) is 20.8. The van der Waals surface area contributed by atoms with Crippen LogP contribution < -0.4 is 9.47 Å². The van der Waals surface area contributed by atoms with Gasteiger partial charge in [0.05, 0.1) is 25.6 Å². The van der Waals surface area contributed by atoms with Gasteiger partial charge in [0.15, 0.2) is 11.6 Å². The van der Waals surface area contributed by atoms with Crippen LogP contribution >= 0.6 is 0 Å². The van der Waals surface area contributed by atoms with Gasteiger partial charge < -0.3 is 9.47 Å². The van der Waals surface area contributed by atoms with E-state index in [1.807, 2.05) is 24.3 Å². The number of unbranched alkanes of at least 4 members (excludes halogenated alkanes) is 10. The summed E-state index contributed by atoms with van der Waals surface area (Å²) in [6.45, 7) is 3.77. The number of rotatable bonds is 19. The Balaban J connectivity index is 1.24. The van der Waals surface area contributed by atoms with Gasteiger partial charge in [-0.2, -0.15) is 0 Å². The van der Waals surface area contributed by atoms with E-state index >= 15 is 0 Å². The average molecular weight is 453 g/mol. The van der Waals surface area contributed by atoms with Gasteiger partial charge in [0, 0.05) is 5.56 Å². The lowest BCUT2D eigenvalue weighted by molar-refractivity contribution is 0.302. The number of nitrogens with zero attached hydrogens (tertiary/aromatic N) is 2. The summed E-state index contributed by atoms with van der Waals surface area (Å²) in [6, 6.07) is 8.05. The van der Waals surface area contributed by atoms with E-state index in [1.54, 1.807) is 12.4 Å². The molecule has 33 heavy (non-hydrogen) atoms. The first kappa shape index (κ1) is 25.5. The maximum Gasteiger partial charge on any atom is 0.159 e. The summed E-state index contributed by atoms with van der Waals surface area (Å²) in [7, 11) is 0. The monoisotopic (exact) mass is 452 g/mol. The summed E-state index contributed by atoms with van der Waals surface area (Å²) in [6.07, 6.45) is 23.6. The zero-order valence-electron chi connectivity index (χ0n) is 20.8. The van der Waals surface area contributed by atoms with Crippen LogP contribution in [0.3, 0.4) is 0 Å². The van der Waals surface area contributed by atoms with Crippen LogP contribution in [-0.4, -0.2) is 23.2 Å². The average Bonchev–Trinajstić information content (AvgIpc) is 3.68. The summed E-state index contributed by atoms with van der Waals surface area (Å²) in [4.78, 5) is 8.96. The Kier molecular flexibility index (Phi) is 12.1. The van der Waals surface area contributed by atoms with Crippen LogP contribution in [0, 0.1) is 5.92 Å². The predicted molar refractivity (Wildman–Crippen MR) is 137 cm³/mol. The third kappa shape index (κ3) is 11.0. The van der Waals surface area contributed by atoms with Gasteiger partial charge in [-0.3, -0.25) is 0 Å². The summed E-state index contributed by atoms with van der Waals surface area (Å²) in [5.41, 5.74) is 0.994. The molecule has 4 heteroatoms. The molecule has 1 heterocycles. The molecular weight excluding hydrogens is 408 g/mol. The van der Waals surface area contributed by atoms with E-state index in [4.69, 9.17) is 9.47 Å². The van der Waals surface area contributed by atoms with Crippen LogP contribution in [0.15, 0.2) is 36.7 Å². The second-order valence-electron chi connectivity index (χ2n) is 9.58. The second kappa shape index (κ2) is 15.7. The number of aromatic nitrogens is 2. The van der Waals surface area contributed by atoms with Crippen molar-refractivity contribution in [3.8, 4) is 22.9 Å². The minimum atomic E-state index is 0.718. The number of ether oxygens (including phenoxy) is 2. The maximum absolute atomic E-state index is 5.84. The van der Waals surface area contributed by atoms with Gasteiger partial charge in [-0.25, -0.2) is 9.97 Å². The summed E-state index contributed by atoms with van der Waals surface area (Å²) < 4.78 is 11.7. The molecule has 1 saturated carbocycles. The molecule has 0 spiro atoms. The van der Waals surface area contributed by atoms with Crippen molar-refractivity contribution >= 4 is 0 Å². The molecule has 0 bridgehead atoms. The van der Waals surface area contributed by atoms with Gasteiger partial charge in [-0.1, -0.05) is 90.4 Å². The molecule has 0 N–H and O–H groups in total. The van der Waals surface area contributed by atoms with Crippen LogP contribution in [0.2, 0.25) is 0 Å². The highest BCUT2D eigenvalue weighted by Crippen LogP contribution is 2.34. The molecule has 1 aromatic heterocycles. The lowest BCUT2D eigenvalue weighted by Crippen LogP contribution is -1.99. The molecule has 182 valence electrons. The van der Waals surface area contributed by atoms with Gasteiger partial charge in [-0.15, -0.1) is 0 Å². The van der Waals surface area contributed by atoms with E-state index in [-0.39, 0.29) is 0 Å². The van der Waals surface area contributed by atoms with Crippen molar-refractivity contribution in [3.63, 3.8) is 0 Å². The Hall–Kier alpha value is -2.10. The van der Waals surface area contributed by atoms with Crippen molar-refractivity contribution in [3.05, 3.63) is 36.7 Å². The third-order valence-electron chi connectivity index (χ3n) is 6.48. The Morgan fingerprint density at radius 3 is 1.82 bits per heavy atom. The Bertz CT molecular complexity index is 741. The first-order chi connectivity index (χ1) is 16.3. The summed E-state index contributed by atoms with van der Waals surface area (Å²) in [5.74, 6) is 3.47. The normalized spacial score (nSPS) is 13.2. The van der Waals surface area contributed by atoms with Crippen molar-refractivity contribution in [2.24, 2.45) is 5.92 Å². The van der Waals surface area contributed by atoms with Crippen LogP contribution in [0.5, 0.6) is 11.5 Å². The smallest absolute Gasteiger partial charge is 0.159 e. The molecule has 0 radical (unpaired) electrons. The van der Waals surface area contributed by atoms with Crippen LogP contribution in [0.1, 0.15) is 103 Å². The fourth-order valence-electron chi connectivity index (χ4n) is 4.15. The molecule has 0 amide bonds. The third-order valence-corrected chi connectivity index (χ3v) is 6.48. The highest BCUT2D eigenvalue weighted by atomic mass is 16.5. The van der Waals surface area contributed by atoms with Gasteiger partial charge >= 0.3 is 0 Å². The van der Waals surface area contributed by atoms with Gasteiger partial charge in [0.25, 0.3) is 0 Å². The topological polar surface area (TPSA) is 44.2 Å². The molecular formula is C29H44N2O2. The molecule has 0 saturated heterocycles. The fourth-order valence-corrected chi connectivity index (χ4v) is 4.15. The molecule has 0 aliphatic heterocycles. The van der Waals surface area contributed by atoms with Crippen LogP contribution in [0.25, 0.3) is 11.4 Å². The molecule has 3 rings (SSSR count). The number of hydrogen-bond donors (Lipinski definition) is 0. The van der Waals surface area contributed by atoms with Crippen molar-refractivity contribution in [1.29, 1.82) is 0 Å².